The highest BCUT2D eigenvalue weighted by Gasteiger charge is 2.57. The molecule has 1 aromatic carbocycles. The zero-order valence-electron chi connectivity index (χ0n) is 27.5. The van der Waals surface area contributed by atoms with Crippen molar-refractivity contribution >= 4 is 5.91 Å². The molecule has 8 nitrogen and oxygen atoms in total. The van der Waals surface area contributed by atoms with E-state index in [9.17, 15) is 15.0 Å². The van der Waals surface area contributed by atoms with E-state index in [-0.39, 0.29) is 11.9 Å². The first kappa shape index (κ1) is 32.8. The molecule has 1 aromatic rings. The molecular weight excluding hydrogens is 540 g/mol. The van der Waals surface area contributed by atoms with Crippen molar-refractivity contribution in [3.63, 3.8) is 0 Å². The Bertz CT molecular complexity index is 1070. The third-order valence-corrected chi connectivity index (χ3v) is 11.6. The SMILES string of the molecule is CC1C(NC(=O)[C@@H]2[C@H]([C@H](C)O)C(O)ON2Cc2cccc(CN(CCN(C)C)CC3CCCCC3)c2)C[C@H]2C[C@@H]1C2(C)C. The second-order valence-electron chi connectivity index (χ2n) is 15.3. The van der Waals surface area contributed by atoms with Gasteiger partial charge in [0.1, 0.15) is 6.04 Å². The van der Waals surface area contributed by atoms with Crippen molar-refractivity contribution in [3.05, 3.63) is 35.4 Å². The molecule has 43 heavy (non-hydrogen) atoms. The minimum atomic E-state index is -1.23. The summed E-state index contributed by atoms with van der Waals surface area (Å²) < 4.78 is 0. The second-order valence-corrected chi connectivity index (χ2v) is 15.3. The van der Waals surface area contributed by atoms with Gasteiger partial charge in [-0.3, -0.25) is 14.5 Å². The van der Waals surface area contributed by atoms with Crippen molar-refractivity contribution in [2.45, 2.75) is 110 Å². The van der Waals surface area contributed by atoms with Gasteiger partial charge in [0, 0.05) is 32.2 Å². The number of nitrogens with zero attached hydrogens (tertiary/aromatic N) is 3. The number of amides is 1. The Labute approximate surface area is 260 Å². The number of aliphatic hydroxyl groups excluding tert-OH is 2. The van der Waals surface area contributed by atoms with Crippen molar-refractivity contribution < 1.29 is 19.8 Å². The van der Waals surface area contributed by atoms with Crippen LogP contribution >= 0.6 is 0 Å². The van der Waals surface area contributed by atoms with E-state index in [4.69, 9.17) is 4.84 Å². The van der Waals surface area contributed by atoms with Crippen molar-refractivity contribution in [1.29, 1.82) is 0 Å². The summed E-state index contributed by atoms with van der Waals surface area (Å²) in [4.78, 5) is 24.6. The number of fused-ring (bicyclic) bond motifs is 2. The van der Waals surface area contributed by atoms with Crippen LogP contribution in [0, 0.1) is 35.0 Å². The van der Waals surface area contributed by atoms with Crippen molar-refractivity contribution in [2.24, 2.45) is 35.0 Å². The van der Waals surface area contributed by atoms with Crippen molar-refractivity contribution in [2.75, 3.05) is 33.7 Å². The average Bonchev–Trinajstić information content (AvgIpc) is 3.28. The van der Waals surface area contributed by atoms with E-state index >= 15 is 0 Å². The minimum absolute atomic E-state index is 0.110. The van der Waals surface area contributed by atoms with E-state index in [0.29, 0.717) is 29.7 Å². The number of hydrogen-bond donors (Lipinski definition) is 3. The highest BCUT2D eigenvalue weighted by Crippen LogP contribution is 2.61. The predicted molar refractivity (Wildman–Crippen MR) is 170 cm³/mol. The van der Waals surface area contributed by atoms with Gasteiger partial charge < -0.3 is 20.4 Å². The number of carbonyl (C=O) groups is 1. The highest BCUT2D eigenvalue weighted by molar-refractivity contribution is 5.82. The largest absolute Gasteiger partial charge is 0.393 e. The zero-order valence-corrected chi connectivity index (χ0v) is 27.5. The number of hydrogen-bond acceptors (Lipinski definition) is 7. The normalized spacial score (nSPS) is 33.5. The number of likely N-dealkylation sites (N-methyl/N-ethyl adjacent to an activating group) is 1. The maximum absolute atomic E-state index is 13.9. The van der Waals surface area contributed by atoms with Gasteiger partial charge in [0.2, 0.25) is 5.91 Å². The predicted octanol–water partition coefficient (Wildman–Crippen LogP) is 4.25. The van der Waals surface area contributed by atoms with Gasteiger partial charge in [-0.25, -0.2) is 0 Å². The molecule has 3 N–H and O–H groups in total. The maximum atomic E-state index is 13.9. The van der Waals surface area contributed by atoms with E-state index in [2.05, 4.69) is 74.2 Å². The molecule has 3 unspecified atom stereocenters. The molecule has 8 atom stereocenters. The molecule has 4 saturated carbocycles. The Morgan fingerprint density at radius 3 is 2.51 bits per heavy atom. The topological polar surface area (TPSA) is 88.5 Å². The monoisotopic (exact) mass is 598 g/mol. The first-order chi connectivity index (χ1) is 20.4. The zero-order chi connectivity index (χ0) is 30.9. The Kier molecular flexibility index (Phi) is 10.6. The van der Waals surface area contributed by atoms with Gasteiger partial charge >= 0.3 is 0 Å². The lowest BCUT2D eigenvalue weighted by Gasteiger charge is -2.62. The summed E-state index contributed by atoms with van der Waals surface area (Å²) in [5, 5.41) is 26.4. The van der Waals surface area contributed by atoms with Crippen LogP contribution in [-0.2, 0) is 22.7 Å². The van der Waals surface area contributed by atoms with Gasteiger partial charge in [-0.15, -0.1) is 0 Å². The average molecular weight is 599 g/mol. The molecule has 242 valence electrons. The summed E-state index contributed by atoms with van der Waals surface area (Å²) in [6.07, 6.45) is 6.86. The van der Waals surface area contributed by atoms with E-state index < -0.39 is 24.4 Å². The molecule has 2 bridgehead atoms. The molecule has 0 radical (unpaired) electrons. The van der Waals surface area contributed by atoms with Crippen molar-refractivity contribution in [3.8, 4) is 0 Å². The van der Waals surface area contributed by atoms with Crippen LogP contribution in [0.4, 0.5) is 0 Å². The molecule has 0 spiro atoms. The van der Waals surface area contributed by atoms with Crippen LogP contribution in [-0.4, -0.2) is 89.2 Å². The van der Waals surface area contributed by atoms with Gasteiger partial charge in [0.05, 0.1) is 18.6 Å². The number of nitrogens with one attached hydrogen (secondary N) is 1. The summed E-state index contributed by atoms with van der Waals surface area (Å²) in [7, 11) is 4.27. The van der Waals surface area contributed by atoms with Crippen LogP contribution in [0.3, 0.4) is 0 Å². The lowest BCUT2D eigenvalue weighted by Crippen LogP contribution is -2.62. The minimum Gasteiger partial charge on any atom is -0.393 e. The lowest BCUT2D eigenvalue weighted by molar-refractivity contribution is -0.231. The van der Waals surface area contributed by atoms with E-state index in [0.717, 1.165) is 44.1 Å². The molecule has 1 aliphatic heterocycles. The summed E-state index contributed by atoms with van der Waals surface area (Å²) in [6.45, 7) is 13.1. The fourth-order valence-electron chi connectivity index (χ4n) is 8.75. The number of hydroxylamine groups is 2. The third-order valence-electron chi connectivity index (χ3n) is 11.6. The lowest BCUT2D eigenvalue weighted by atomic mass is 9.45. The van der Waals surface area contributed by atoms with Crippen LogP contribution in [0.25, 0.3) is 0 Å². The standard InChI is InChI=1S/C35H58N4O4/c1-23-29-18-28(35(29,3)4)19-30(23)36-33(41)32-31(24(2)40)34(42)43-39(32)22-27-14-10-13-26(17-27)21-38(16-15-37(5)6)20-25-11-8-7-9-12-25/h10,13-14,17,23-25,28-32,34,40,42H,7-9,11-12,15-16,18-22H2,1-6H3,(H,36,41)/t23?,24-,28+,29-,30?,31-,32-,34?/m0/s1. The van der Waals surface area contributed by atoms with Crippen LogP contribution in [0.1, 0.15) is 83.8 Å². The van der Waals surface area contributed by atoms with Crippen LogP contribution in [0.15, 0.2) is 24.3 Å². The van der Waals surface area contributed by atoms with Gasteiger partial charge in [0.15, 0.2) is 6.29 Å². The number of benzene rings is 1. The Hall–Kier alpha value is -1.55. The Morgan fingerprint density at radius 2 is 1.86 bits per heavy atom. The number of rotatable bonds is 12. The highest BCUT2D eigenvalue weighted by atomic mass is 16.8. The fourth-order valence-corrected chi connectivity index (χ4v) is 8.75. The van der Waals surface area contributed by atoms with Crippen LogP contribution in [0.5, 0.6) is 0 Å². The smallest absolute Gasteiger partial charge is 0.240 e. The van der Waals surface area contributed by atoms with Gasteiger partial charge in [-0.2, -0.15) is 5.06 Å². The molecule has 5 fully saturated rings. The Morgan fingerprint density at radius 1 is 1.14 bits per heavy atom. The van der Waals surface area contributed by atoms with E-state index in [1.54, 1.807) is 12.0 Å². The maximum Gasteiger partial charge on any atom is 0.240 e. The first-order valence-corrected chi connectivity index (χ1v) is 17.0. The first-order valence-electron chi connectivity index (χ1n) is 17.0. The number of aliphatic hydroxyl groups is 2. The molecule has 0 aromatic heterocycles. The Balaban J connectivity index is 1.27. The summed E-state index contributed by atoms with van der Waals surface area (Å²) in [5.74, 6) is 1.55. The molecule has 1 saturated heterocycles. The summed E-state index contributed by atoms with van der Waals surface area (Å²) in [5.41, 5.74) is 2.62. The summed E-state index contributed by atoms with van der Waals surface area (Å²) >= 11 is 0. The van der Waals surface area contributed by atoms with Crippen LogP contribution < -0.4 is 5.32 Å². The van der Waals surface area contributed by atoms with Crippen molar-refractivity contribution in [1.82, 2.24) is 20.2 Å². The molecule has 6 rings (SSSR count). The van der Waals surface area contributed by atoms with Gasteiger partial charge in [0.25, 0.3) is 0 Å². The second kappa shape index (κ2) is 13.8. The molecule has 1 heterocycles. The fraction of sp³-hybridized carbons (Fsp3) is 0.800. The third kappa shape index (κ3) is 7.47. The quantitative estimate of drug-likeness (QED) is 0.332. The van der Waals surface area contributed by atoms with Crippen LogP contribution in [0.2, 0.25) is 0 Å². The molecule has 8 heteroatoms. The molecule has 4 aliphatic carbocycles. The molecular formula is C35H58N4O4. The number of carbonyl (C=O) groups excluding carboxylic acids is 1. The van der Waals surface area contributed by atoms with E-state index in [1.165, 1.54) is 44.1 Å². The molecule has 5 aliphatic rings. The summed E-state index contributed by atoms with van der Waals surface area (Å²) in [6, 6.07) is 7.89. The van der Waals surface area contributed by atoms with Gasteiger partial charge in [-0.05, 0) is 86.9 Å². The van der Waals surface area contributed by atoms with Gasteiger partial charge in [-0.1, -0.05) is 64.3 Å². The van der Waals surface area contributed by atoms with E-state index in [1.807, 2.05) is 0 Å². The molecule has 1 amide bonds.